The van der Waals surface area contributed by atoms with Crippen LogP contribution in [0.4, 0.5) is 0 Å². The predicted molar refractivity (Wildman–Crippen MR) is 139 cm³/mol. The molecule has 2 aromatic rings. The van der Waals surface area contributed by atoms with Crippen LogP contribution in [-0.2, 0) is 9.59 Å². The maximum absolute atomic E-state index is 13.3. The van der Waals surface area contributed by atoms with Gasteiger partial charge in [0.2, 0.25) is 0 Å². The summed E-state index contributed by atoms with van der Waals surface area (Å²) in [5.74, 6) is 0.0181. The molecule has 1 fully saturated rings. The van der Waals surface area contributed by atoms with Gasteiger partial charge >= 0.3 is 0 Å². The zero-order valence-electron chi connectivity index (χ0n) is 21.9. The van der Waals surface area contributed by atoms with Crippen molar-refractivity contribution in [3.05, 3.63) is 59.2 Å². The molecule has 0 bridgehead atoms. The second-order valence-corrected chi connectivity index (χ2v) is 9.19. The minimum atomic E-state index is -0.772. The molecule has 1 aliphatic heterocycles. The zero-order chi connectivity index (χ0) is 26.4. The number of ketones is 1. The van der Waals surface area contributed by atoms with Gasteiger partial charge in [-0.1, -0.05) is 18.2 Å². The van der Waals surface area contributed by atoms with Crippen LogP contribution in [0.2, 0.25) is 0 Å². The van der Waals surface area contributed by atoms with Crippen molar-refractivity contribution in [3.63, 3.8) is 0 Å². The van der Waals surface area contributed by atoms with Crippen LogP contribution in [-0.4, -0.2) is 73.6 Å². The first kappa shape index (κ1) is 27.1. The van der Waals surface area contributed by atoms with Gasteiger partial charge in [-0.3, -0.25) is 9.59 Å². The molecule has 1 saturated heterocycles. The molecule has 0 aliphatic carbocycles. The van der Waals surface area contributed by atoms with Crippen LogP contribution in [0, 0.1) is 0 Å². The first-order valence-electron chi connectivity index (χ1n) is 12.2. The van der Waals surface area contributed by atoms with Crippen molar-refractivity contribution in [2.75, 3.05) is 40.9 Å². The monoisotopic (exact) mass is 496 g/mol. The van der Waals surface area contributed by atoms with Crippen LogP contribution in [0.5, 0.6) is 17.2 Å². The van der Waals surface area contributed by atoms with Gasteiger partial charge in [-0.2, -0.15) is 0 Å². The Morgan fingerprint density at radius 3 is 2.50 bits per heavy atom. The average Bonchev–Trinajstić information content (AvgIpc) is 3.08. The lowest BCUT2D eigenvalue weighted by Gasteiger charge is -2.26. The van der Waals surface area contributed by atoms with E-state index in [4.69, 9.17) is 14.2 Å². The van der Waals surface area contributed by atoms with Gasteiger partial charge in [-0.25, -0.2) is 0 Å². The maximum atomic E-state index is 13.3. The number of methoxy groups -OCH3 is 1. The molecular weight excluding hydrogens is 460 g/mol. The fourth-order valence-corrected chi connectivity index (χ4v) is 4.29. The van der Waals surface area contributed by atoms with Gasteiger partial charge in [0.05, 0.1) is 31.4 Å². The van der Waals surface area contributed by atoms with E-state index in [-0.39, 0.29) is 17.4 Å². The maximum Gasteiger partial charge on any atom is 0.295 e. The summed E-state index contributed by atoms with van der Waals surface area (Å²) in [6, 6.07) is 11.4. The molecule has 1 aliphatic rings. The molecule has 1 unspecified atom stereocenters. The summed E-state index contributed by atoms with van der Waals surface area (Å²) in [5, 5.41) is 11.4. The molecule has 0 radical (unpaired) electrons. The number of likely N-dealkylation sites (tertiary alicyclic amines) is 1. The molecule has 8 nitrogen and oxygen atoms in total. The standard InChI is InChI=1S/C28H36N2O6/c1-7-35-22-13-12-19(17-23(22)34-6)25-24(27(32)28(33)30(25)15-9-14-29(4)5)26(31)20-10-8-11-21(16-20)36-18(2)3/h8,10-13,16-18,25,31H,7,9,14-15H2,1-6H3/b26-24-. The molecule has 0 saturated carbocycles. The second-order valence-electron chi connectivity index (χ2n) is 9.19. The van der Waals surface area contributed by atoms with Crippen LogP contribution in [0.25, 0.3) is 5.76 Å². The highest BCUT2D eigenvalue weighted by atomic mass is 16.5. The first-order chi connectivity index (χ1) is 17.2. The van der Waals surface area contributed by atoms with Crippen LogP contribution < -0.4 is 14.2 Å². The Morgan fingerprint density at radius 1 is 1.11 bits per heavy atom. The van der Waals surface area contributed by atoms with E-state index in [9.17, 15) is 14.7 Å². The molecule has 3 rings (SSSR count). The van der Waals surface area contributed by atoms with E-state index >= 15 is 0 Å². The van der Waals surface area contributed by atoms with Gasteiger partial charge < -0.3 is 29.1 Å². The smallest absolute Gasteiger partial charge is 0.295 e. The third kappa shape index (κ3) is 5.99. The van der Waals surface area contributed by atoms with Crippen molar-refractivity contribution >= 4 is 17.4 Å². The van der Waals surface area contributed by atoms with Crippen molar-refractivity contribution in [1.82, 2.24) is 9.80 Å². The third-order valence-corrected chi connectivity index (χ3v) is 5.83. The lowest BCUT2D eigenvalue weighted by atomic mass is 9.95. The number of carbonyl (C=O) groups excluding carboxylic acids is 2. The summed E-state index contributed by atoms with van der Waals surface area (Å²) in [7, 11) is 5.44. The van der Waals surface area contributed by atoms with E-state index in [0.717, 1.165) is 6.54 Å². The van der Waals surface area contributed by atoms with Crippen molar-refractivity contribution in [2.24, 2.45) is 0 Å². The van der Waals surface area contributed by atoms with Gasteiger partial charge in [0.1, 0.15) is 11.5 Å². The van der Waals surface area contributed by atoms with Crippen LogP contribution >= 0.6 is 0 Å². The van der Waals surface area contributed by atoms with Gasteiger partial charge in [0.15, 0.2) is 11.5 Å². The predicted octanol–water partition coefficient (Wildman–Crippen LogP) is 4.25. The number of carbonyl (C=O) groups is 2. The summed E-state index contributed by atoms with van der Waals surface area (Å²) in [4.78, 5) is 30.0. The summed E-state index contributed by atoms with van der Waals surface area (Å²) in [6.45, 7) is 7.26. The molecule has 1 amide bonds. The summed E-state index contributed by atoms with van der Waals surface area (Å²) >= 11 is 0. The quantitative estimate of drug-likeness (QED) is 0.283. The largest absolute Gasteiger partial charge is 0.507 e. The molecule has 1 atom stereocenters. The van der Waals surface area contributed by atoms with E-state index < -0.39 is 17.7 Å². The average molecular weight is 497 g/mol. The van der Waals surface area contributed by atoms with E-state index in [1.54, 1.807) is 42.5 Å². The Bertz CT molecular complexity index is 1120. The number of amides is 1. The lowest BCUT2D eigenvalue weighted by Crippen LogP contribution is -2.32. The Hall–Kier alpha value is -3.52. The number of rotatable bonds is 11. The number of hydrogen-bond acceptors (Lipinski definition) is 7. The first-order valence-corrected chi connectivity index (χ1v) is 12.2. The van der Waals surface area contributed by atoms with Crippen molar-refractivity contribution in [1.29, 1.82) is 0 Å². The van der Waals surface area contributed by atoms with E-state index in [1.807, 2.05) is 39.8 Å². The normalized spacial score (nSPS) is 17.2. The molecule has 1 heterocycles. The van der Waals surface area contributed by atoms with Crippen LogP contribution in [0.1, 0.15) is 44.4 Å². The van der Waals surface area contributed by atoms with E-state index in [1.165, 1.54) is 12.0 Å². The highest BCUT2D eigenvalue weighted by Crippen LogP contribution is 2.42. The van der Waals surface area contributed by atoms with Gasteiger partial charge in [0, 0.05) is 12.1 Å². The van der Waals surface area contributed by atoms with E-state index in [0.29, 0.717) is 47.9 Å². The molecule has 36 heavy (non-hydrogen) atoms. The third-order valence-electron chi connectivity index (χ3n) is 5.83. The van der Waals surface area contributed by atoms with E-state index in [2.05, 4.69) is 0 Å². The number of ether oxygens (including phenoxy) is 3. The molecule has 1 N–H and O–H groups in total. The number of nitrogens with zero attached hydrogens (tertiary/aromatic N) is 2. The molecule has 2 aromatic carbocycles. The SMILES string of the molecule is CCOc1ccc(C2/C(=C(/O)c3cccc(OC(C)C)c3)C(=O)C(=O)N2CCCN(C)C)cc1OC. The van der Waals surface area contributed by atoms with Crippen molar-refractivity contribution < 1.29 is 28.9 Å². The molecular formula is C28H36N2O6. The Kier molecular flexibility index (Phi) is 8.98. The van der Waals surface area contributed by atoms with Crippen molar-refractivity contribution in [2.45, 2.75) is 39.3 Å². The summed E-state index contributed by atoms with van der Waals surface area (Å²) in [5.41, 5.74) is 1.09. The number of aliphatic hydroxyl groups excluding tert-OH is 1. The fraction of sp³-hybridized carbons (Fsp3) is 0.429. The highest BCUT2D eigenvalue weighted by Gasteiger charge is 2.46. The molecule has 8 heteroatoms. The minimum Gasteiger partial charge on any atom is -0.507 e. The number of Topliss-reactive ketones (excluding diaryl/α,β-unsaturated/α-hetero) is 1. The summed E-state index contributed by atoms with van der Waals surface area (Å²) in [6.07, 6.45) is 0.614. The summed E-state index contributed by atoms with van der Waals surface area (Å²) < 4.78 is 16.9. The number of aliphatic hydroxyl groups is 1. The van der Waals surface area contributed by atoms with Crippen molar-refractivity contribution in [3.8, 4) is 17.2 Å². The fourth-order valence-electron chi connectivity index (χ4n) is 4.29. The van der Waals surface area contributed by atoms with Crippen LogP contribution in [0.15, 0.2) is 48.0 Å². The van der Waals surface area contributed by atoms with Gasteiger partial charge in [-0.05, 0) is 77.7 Å². The Balaban J connectivity index is 2.13. The second kappa shape index (κ2) is 11.9. The highest BCUT2D eigenvalue weighted by molar-refractivity contribution is 6.46. The van der Waals surface area contributed by atoms with Gasteiger partial charge in [0.25, 0.3) is 11.7 Å². The molecule has 0 aromatic heterocycles. The topological polar surface area (TPSA) is 88.5 Å². The number of benzene rings is 2. The number of hydrogen-bond donors (Lipinski definition) is 1. The minimum absolute atomic E-state index is 0.0396. The van der Waals surface area contributed by atoms with Crippen LogP contribution in [0.3, 0.4) is 0 Å². The Morgan fingerprint density at radius 2 is 1.86 bits per heavy atom. The molecule has 0 spiro atoms. The molecule has 194 valence electrons. The lowest BCUT2D eigenvalue weighted by molar-refractivity contribution is -0.139. The zero-order valence-corrected chi connectivity index (χ0v) is 21.9. The Labute approximate surface area is 213 Å². The van der Waals surface area contributed by atoms with Gasteiger partial charge in [-0.15, -0.1) is 0 Å².